The van der Waals surface area contributed by atoms with Crippen molar-refractivity contribution in [2.24, 2.45) is 0 Å². The van der Waals surface area contributed by atoms with Crippen LogP contribution in [0.2, 0.25) is 0 Å². The number of hydrogen-bond acceptors (Lipinski definition) is 2. The van der Waals surface area contributed by atoms with Gasteiger partial charge in [0.05, 0.1) is 0 Å². The first kappa shape index (κ1) is 16.8. The molecule has 0 bridgehead atoms. The maximum absolute atomic E-state index is 12.3. The number of nitrogens with zero attached hydrogens (tertiary/aromatic N) is 2. The Labute approximate surface area is 133 Å². The van der Waals surface area contributed by atoms with Crippen LogP contribution in [0.1, 0.15) is 51.9 Å². The molecule has 0 spiro atoms. The quantitative estimate of drug-likeness (QED) is 0.794. The Balaban J connectivity index is 1.79. The summed E-state index contributed by atoms with van der Waals surface area (Å²) in [6.45, 7) is 8.18. The van der Waals surface area contributed by atoms with E-state index in [1.54, 1.807) is 0 Å². The molecule has 2 aliphatic rings. The first-order valence-electron chi connectivity index (χ1n) is 8.61. The molecule has 1 N–H and O–H groups in total. The SMILES string of the molecule is C=CC[C@H](CC)NC(=O)N1CCC(N2CCCCC2=O)CC1. The maximum atomic E-state index is 12.3. The molecule has 2 aliphatic heterocycles. The number of likely N-dealkylation sites (tertiary alicyclic amines) is 2. The van der Waals surface area contributed by atoms with E-state index >= 15 is 0 Å². The number of carbonyl (C=O) groups excluding carboxylic acids is 2. The van der Waals surface area contributed by atoms with E-state index in [1.165, 1.54) is 0 Å². The average Bonchev–Trinajstić information content (AvgIpc) is 2.55. The molecule has 0 radical (unpaired) electrons. The monoisotopic (exact) mass is 307 g/mol. The lowest BCUT2D eigenvalue weighted by molar-refractivity contribution is -0.136. The number of urea groups is 1. The van der Waals surface area contributed by atoms with Gasteiger partial charge in [-0.15, -0.1) is 6.58 Å². The highest BCUT2D eigenvalue weighted by Crippen LogP contribution is 2.21. The number of carbonyl (C=O) groups is 2. The highest BCUT2D eigenvalue weighted by Gasteiger charge is 2.30. The smallest absolute Gasteiger partial charge is 0.317 e. The van der Waals surface area contributed by atoms with E-state index in [4.69, 9.17) is 0 Å². The molecule has 5 nitrogen and oxygen atoms in total. The van der Waals surface area contributed by atoms with Gasteiger partial charge in [-0.25, -0.2) is 4.79 Å². The Morgan fingerprint density at radius 2 is 2.09 bits per heavy atom. The number of piperidine rings is 2. The van der Waals surface area contributed by atoms with Gasteiger partial charge in [0, 0.05) is 38.1 Å². The van der Waals surface area contributed by atoms with E-state index in [-0.39, 0.29) is 12.1 Å². The van der Waals surface area contributed by atoms with Gasteiger partial charge in [0.25, 0.3) is 0 Å². The van der Waals surface area contributed by atoms with Gasteiger partial charge in [0.15, 0.2) is 0 Å². The zero-order chi connectivity index (χ0) is 15.9. The van der Waals surface area contributed by atoms with E-state index in [1.807, 2.05) is 15.9 Å². The number of amides is 3. The fraction of sp³-hybridized carbons (Fsp3) is 0.765. The van der Waals surface area contributed by atoms with Gasteiger partial charge in [0.1, 0.15) is 0 Å². The van der Waals surface area contributed by atoms with Gasteiger partial charge < -0.3 is 15.1 Å². The number of nitrogens with one attached hydrogen (secondary N) is 1. The molecule has 124 valence electrons. The van der Waals surface area contributed by atoms with E-state index in [9.17, 15) is 9.59 Å². The van der Waals surface area contributed by atoms with Gasteiger partial charge >= 0.3 is 6.03 Å². The molecule has 0 aromatic carbocycles. The van der Waals surface area contributed by atoms with Gasteiger partial charge in [-0.1, -0.05) is 13.0 Å². The molecule has 0 aliphatic carbocycles. The molecule has 2 fully saturated rings. The van der Waals surface area contributed by atoms with Crippen molar-refractivity contribution in [3.63, 3.8) is 0 Å². The van der Waals surface area contributed by atoms with Crippen LogP contribution in [-0.2, 0) is 4.79 Å². The highest BCUT2D eigenvalue weighted by atomic mass is 16.2. The van der Waals surface area contributed by atoms with E-state index in [0.717, 1.165) is 58.2 Å². The minimum atomic E-state index is 0.0251. The molecule has 0 aromatic rings. The first-order valence-corrected chi connectivity index (χ1v) is 8.61. The van der Waals surface area contributed by atoms with Gasteiger partial charge in [0.2, 0.25) is 5.91 Å². The van der Waals surface area contributed by atoms with Crippen LogP contribution in [0, 0.1) is 0 Å². The Bertz CT molecular complexity index is 403. The van der Waals surface area contributed by atoms with E-state index in [2.05, 4.69) is 18.8 Å². The third kappa shape index (κ3) is 4.24. The minimum Gasteiger partial charge on any atom is -0.340 e. The molecule has 2 saturated heterocycles. The minimum absolute atomic E-state index is 0.0251. The number of rotatable bonds is 5. The predicted octanol–water partition coefficient (Wildman–Crippen LogP) is 2.53. The fourth-order valence-corrected chi connectivity index (χ4v) is 3.39. The summed E-state index contributed by atoms with van der Waals surface area (Å²) in [5, 5.41) is 3.08. The lowest BCUT2D eigenvalue weighted by Gasteiger charge is -2.40. The van der Waals surface area contributed by atoms with Crippen LogP contribution in [0.25, 0.3) is 0 Å². The highest BCUT2D eigenvalue weighted by molar-refractivity contribution is 5.77. The summed E-state index contributed by atoms with van der Waals surface area (Å²) >= 11 is 0. The summed E-state index contributed by atoms with van der Waals surface area (Å²) in [6, 6.07) is 0.524. The molecule has 22 heavy (non-hydrogen) atoms. The van der Waals surface area contributed by atoms with Gasteiger partial charge in [-0.05, 0) is 38.5 Å². The summed E-state index contributed by atoms with van der Waals surface area (Å²) in [5.74, 6) is 0.297. The van der Waals surface area contributed by atoms with E-state index in [0.29, 0.717) is 18.4 Å². The van der Waals surface area contributed by atoms with Crippen LogP contribution in [0.15, 0.2) is 12.7 Å². The lowest BCUT2D eigenvalue weighted by atomic mass is 9.99. The Kier molecular flexibility index (Phi) is 6.28. The first-order chi connectivity index (χ1) is 10.7. The Hall–Kier alpha value is -1.52. The molecule has 0 saturated carbocycles. The third-order valence-electron chi connectivity index (χ3n) is 4.82. The normalized spacial score (nSPS) is 21.6. The van der Waals surface area contributed by atoms with Crippen molar-refractivity contribution in [1.82, 2.24) is 15.1 Å². The molecule has 0 aromatic heterocycles. The van der Waals surface area contributed by atoms with Crippen molar-refractivity contribution in [2.75, 3.05) is 19.6 Å². The van der Waals surface area contributed by atoms with Crippen LogP contribution < -0.4 is 5.32 Å². The van der Waals surface area contributed by atoms with Crippen LogP contribution >= 0.6 is 0 Å². The standard InChI is InChI=1S/C17H29N3O2/c1-3-7-14(4-2)18-17(22)19-12-9-15(10-13-19)20-11-6-5-8-16(20)21/h3,14-15H,1,4-13H2,2H3,(H,18,22)/t14-/m0/s1. The average molecular weight is 307 g/mol. The topological polar surface area (TPSA) is 52.7 Å². The predicted molar refractivity (Wildman–Crippen MR) is 87.6 cm³/mol. The molecular formula is C17H29N3O2. The van der Waals surface area contributed by atoms with Crippen molar-refractivity contribution in [1.29, 1.82) is 0 Å². The molecule has 1 atom stereocenters. The second kappa shape index (κ2) is 8.20. The van der Waals surface area contributed by atoms with Crippen LogP contribution in [0.4, 0.5) is 4.79 Å². The van der Waals surface area contributed by atoms with Crippen LogP contribution in [-0.4, -0.2) is 53.5 Å². The van der Waals surface area contributed by atoms with Gasteiger partial charge in [-0.2, -0.15) is 0 Å². The van der Waals surface area contributed by atoms with Crippen molar-refractivity contribution < 1.29 is 9.59 Å². The lowest BCUT2D eigenvalue weighted by Crippen LogP contribution is -2.53. The number of hydrogen-bond donors (Lipinski definition) is 1. The summed E-state index contributed by atoms with van der Waals surface area (Å²) in [7, 11) is 0. The van der Waals surface area contributed by atoms with E-state index < -0.39 is 0 Å². The largest absolute Gasteiger partial charge is 0.340 e. The second-order valence-corrected chi connectivity index (χ2v) is 6.34. The molecule has 2 rings (SSSR count). The summed E-state index contributed by atoms with van der Waals surface area (Å²) < 4.78 is 0. The zero-order valence-corrected chi connectivity index (χ0v) is 13.7. The summed E-state index contributed by atoms with van der Waals surface area (Å²) in [4.78, 5) is 28.2. The fourth-order valence-electron chi connectivity index (χ4n) is 3.39. The molecule has 0 unspecified atom stereocenters. The van der Waals surface area contributed by atoms with Gasteiger partial charge in [-0.3, -0.25) is 4.79 Å². The third-order valence-corrected chi connectivity index (χ3v) is 4.82. The van der Waals surface area contributed by atoms with Crippen LogP contribution in [0.3, 0.4) is 0 Å². The molecule has 5 heteroatoms. The zero-order valence-electron chi connectivity index (χ0n) is 13.7. The molecule has 3 amide bonds. The molecular weight excluding hydrogens is 278 g/mol. The van der Waals surface area contributed by atoms with Crippen LogP contribution in [0.5, 0.6) is 0 Å². The Morgan fingerprint density at radius 1 is 1.36 bits per heavy atom. The van der Waals surface area contributed by atoms with Crippen molar-refractivity contribution in [3.8, 4) is 0 Å². The Morgan fingerprint density at radius 3 is 2.68 bits per heavy atom. The van der Waals surface area contributed by atoms with Crippen molar-refractivity contribution in [2.45, 2.75) is 64.0 Å². The summed E-state index contributed by atoms with van der Waals surface area (Å²) in [6.07, 6.45) is 8.21. The van der Waals surface area contributed by atoms with Crippen molar-refractivity contribution >= 4 is 11.9 Å². The summed E-state index contributed by atoms with van der Waals surface area (Å²) in [5.41, 5.74) is 0. The second-order valence-electron chi connectivity index (χ2n) is 6.34. The maximum Gasteiger partial charge on any atom is 0.317 e. The molecule has 2 heterocycles. The van der Waals surface area contributed by atoms with Crippen molar-refractivity contribution in [3.05, 3.63) is 12.7 Å².